The van der Waals surface area contributed by atoms with Crippen LogP contribution in [0, 0.1) is 17.8 Å². The van der Waals surface area contributed by atoms with Crippen molar-refractivity contribution in [1.29, 1.82) is 0 Å². The van der Waals surface area contributed by atoms with Gasteiger partial charge in [0.2, 0.25) is 5.91 Å². The summed E-state index contributed by atoms with van der Waals surface area (Å²) < 4.78 is 0. The van der Waals surface area contributed by atoms with E-state index in [0.29, 0.717) is 31.4 Å². The summed E-state index contributed by atoms with van der Waals surface area (Å²) in [7, 11) is 0. The van der Waals surface area contributed by atoms with Crippen molar-refractivity contribution in [3.63, 3.8) is 0 Å². The first-order chi connectivity index (χ1) is 7.45. The van der Waals surface area contributed by atoms with Crippen LogP contribution >= 0.6 is 0 Å². The van der Waals surface area contributed by atoms with E-state index in [2.05, 4.69) is 19.3 Å². The molecule has 4 nitrogen and oxygen atoms in total. The van der Waals surface area contributed by atoms with Gasteiger partial charge in [-0.1, -0.05) is 27.7 Å². The van der Waals surface area contributed by atoms with Gasteiger partial charge in [-0.05, 0) is 30.7 Å². The van der Waals surface area contributed by atoms with E-state index in [-0.39, 0.29) is 11.8 Å². The number of carbonyl (C=O) groups is 1. The Morgan fingerprint density at radius 2 is 1.88 bits per heavy atom. The van der Waals surface area contributed by atoms with Gasteiger partial charge in [-0.15, -0.1) is 0 Å². The van der Waals surface area contributed by atoms with Crippen LogP contribution in [0.4, 0.5) is 0 Å². The second-order valence-electron chi connectivity index (χ2n) is 5.17. The van der Waals surface area contributed by atoms with Gasteiger partial charge < -0.3 is 5.73 Å². The first kappa shape index (κ1) is 15.4. The van der Waals surface area contributed by atoms with Gasteiger partial charge in [-0.2, -0.15) is 0 Å². The fraction of sp³-hybridized carbons (Fsp3) is 0.917. The van der Waals surface area contributed by atoms with E-state index in [1.54, 1.807) is 0 Å². The molecular formula is C12H26N2O2. The molecule has 0 saturated heterocycles. The van der Waals surface area contributed by atoms with E-state index in [0.717, 1.165) is 6.42 Å². The summed E-state index contributed by atoms with van der Waals surface area (Å²) in [5.74, 6) is 1.17. The predicted molar refractivity (Wildman–Crippen MR) is 65.5 cm³/mol. The minimum Gasteiger partial charge on any atom is -0.330 e. The molecule has 0 fully saturated rings. The van der Waals surface area contributed by atoms with Crippen LogP contribution in [-0.4, -0.2) is 19.1 Å². The first-order valence-corrected chi connectivity index (χ1v) is 6.06. The van der Waals surface area contributed by atoms with Crippen LogP contribution in [0.1, 0.15) is 40.5 Å². The molecule has 0 aliphatic rings. The minimum absolute atomic E-state index is 0.0725. The molecule has 0 aromatic rings. The largest absolute Gasteiger partial charge is 0.330 e. The van der Waals surface area contributed by atoms with E-state index in [9.17, 15) is 4.79 Å². The minimum atomic E-state index is -0.0725. The maximum atomic E-state index is 11.5. The van der Waals surface area contributed by atoms with Gasteiger partial charge in [-0.25, -0.2) is 5.48 Å². The Morgan fingerprint density at radius 1 is 1.25 bits per heavy atom. The number of hydrogen-bond donors (Lipinski definition) is 2. The highest BCUT2D eigenvalue weighted by atomic mass is 16.6. The summed E-state index contributed by atoms with van der Waals surface area (Å²) in [5, 5.41) is 0. The highest BCUT2D eigenvalue weighted by Crippen LogP contribution is 2.13. The summed E-state index contributed by atoms with van der Waals surface area (Å²) in [6.45, 7) is 9.44. The molecule has 0 aliphatic heterocycles. The quantitative estimate of drug-likeness (QED) is 0.624. The van der Waals surface area contributed by atoms with Crippen molar-refractivity contribution in [1.82, 2.24) is 5.48 Å². The highest BCUT2D eigenvalue weighted by Gasteiger charge is 2.14. The van der Waals surface area contributed by atoms with Gasteiger partial charge in [0, 0.05) is 6.42 Å². The van der Waals surface area contributed by atoms with Gasteiger partial charge >= 0.3 is 0 Å². The normalized spacial score (nSPS) is 13.2. The number of rotatable bonds is 8. The predicted octanol–water partition coefficient (Wildman–Crippen LogP) is 1.70. The highest BCUT2D eigenvalue weighted by molar-refractivity contribution is 5.75. The molecule has 0 aromatic heterocycles. The van der Waals surface area contributed by atoms with Crippen molar-refractivity contribution >= 4 is 5.91 Å². The zero-order valence-corrected chi connectivity index (χ0v) is 11.0. The number of carbonyl (C=O) groups excluding carboxylic acids is 1. The van der Waals surface area contributed by atoms with Crippen LogP contribution in [0.3, 0.4) is 0 Å². The third kappa shape index (κ3) is 8.68. The molecule has 0 unspecified atom stereocenters. The fourth-order valence-corrected chi connectivity index (χ4v) is 1.52. The fourth-order valence-electron chi connectivity index (χ4n) is 1.52. The molecule has 96 valence electrons. The van der Waals surface area contributed by atoms with Crippen LogP contribution in [0.15, 0.2) is 0 Å². The van der Waals surface area contributed by atoms with Crippen LogP contribution < -0.4 is 11.2 Å². The van der Waals surface area contributed by atoms with Crippen molar-refractivity contribution < 1.29 is 9.63 Å². The molecule has 3 N–H and O–H groups in total. The Kier molecular flexibility index (Phi) is 8.21. The standard InChI is InChI=1S/C12H26N2O2/c1-9(2)5-11(7-13)6-12(15)14-16-8-10(3)4/h9-11H,5-8,13H2,1-4H3,(H,14,15)/t11-/m0/s1. The lowest BCUT2D eigenvalue weighted by atomic mass is 9.94. The van der Waals surface area contributed by atoms with Gasteiger partial charge in [0.25, 0.3) is 0 Å². The van der Waals surface area contributed by atoms with Crippen LogP contribution in [0.2, 0.25) is 0 Å². The zero-order valence-electron chi connectivity index (χ0n) is 11.0. The maximum absolute atomic E-state index is 11.5. The molecule has 0 rings (SSSR count). The molecule has 1 amide bonds. The average molecular weight is 230 g/mol. The molecule has 0 radical (unpaired) electrons. The molecule has 0 aliphatic carbocycles. The molecule has 0 heterocycles. The molecule has 0 bridgehead atoms. The van der Waals surface area contributed by atoms with E-state index < -0.39 is 0 Å². The Balaban J connectivity index is 3.74. The summed E-state index contributed by atoms with van der Waals surface area (Å²) in [6.07, 6.45) is 1.43. The molecule has 1 atom stereocenters. The van der Waals surface area contributed by atoms with Gasteiger partial charge in [-0.3, -0.25) is 9.63 Å². The van der Waals surface area contributed by atoms with E-state index in [1.165, 1.54) is 0 Å². The lowest BCUT2D eigenvalue weighted by molar-refractivity contribution is -0.135. The molecule has 0 aromatic carbocycles. The third-order valence-electron chi connectivity index (χ3n) is 2.21. The topological polar surface area (TPSA) is 64.3 Å². The summed E-state index contributed by atoms with van der Waals surface area (Å²) in [6, 6.07) is 0. The Bertz CT molecular complexity index is 193. The molecule has 16 heavy (non-hydrogen) atoms. The van der Waals surface area contributed by atoms with Crippen LogP contribution in [-0.2, 0) is 9.63 Å². The monoisotopic (exact) mass is 230 g/mol. The van der Waals surface area contributed by atoms with Gasteiger partial charge in [0.05, 0.1) is 6.61 Å². The van der Waals surface area contributed by atoms with Crippen molar-refractivity contribution in [3.8, 4) is 0 Å². The van der Waals surface area contributed by atoms with Crippen molar-refractivity contribution in [2.45, 2.75) is 40.5 Å². The number of hydroxylamine groups is 1. The SMILES string of the molecule is CC(C)CONC(=O)C[C@@H](CN)CC(C)C. The Hall–Kier alpha value is -0.610. The van der Waals surface area contributed by atoms with Gasteiger partial charge in [0.1, 0.15) is 0 Å². The lowest BCUT2D eigenvalue weighted by Crippen LogP contribution is -2.30. The number of nitrogens with one attached hydrogen (secondary N) is 1. The molecule has 0 spiro atoms. The average Bonchev–Trinajstić information content (AvgIpc) is 2.15. The van der Waals surface area contributed by atoms with Crippen molar-refractivity contribution in [3.05, 3.63) is 0 Å². The first-order valence-electron chi connectivity index (χ1n) is 6.06. The Labute approximate surface area is 98.9 Å². The van der Waals surface area contributed by atoms with Crippen LogP contribution in [0.25, 0.3) is 0 Å². The Morgan fingerprint density at radius 3 is 2.31 bits per heavy atom. The zero-order chi connectivity index (χ0) is 12.6. The maximum Gasteiger partial charge on any atom is 0.243 e. The molecular weight excluding hydrogens is 204 g/mol. The lowest BCUT2D eigenvalue weighted by Gasteiger charge is -2.16. The second kappa shape index (κ2) is 8.53. The van der Waals surface area contributed by atoms with E-state index in [4.69, 9.17) is 10.6 Å². The van der Waals surface area contributed by atoms with Crippen molar-refractivity contribution in [2.75, 3.05) is 13.2 Å². The molecule has 4 heteroatoms. The van der Waals surface area contributed by atoms with Crippen LogP contribution in [0.5, 0.6) is 0 Å². The van der Waals surface area contributed by atoms with E-state index >= 15 is 0 Å². The summed E-state index contributed by atoms with van der Waals surface area (Å²) in [5.41, 5.74) is 8.08. The number of hydrogen-bond acceptors (Lipinski definition) is 3. The smallest absolute Gasteiger partial charge is 0.243 e. The molecule has 0 saturated carbocycles. The van der Waals surface area contributed by atoms with Crippen molar-refractivity contribution in [2.24, 2.45) is 23.5 Å². The third-order valence-corrected chi connectivity index (χ3v) is 2.21. The summed E-state index contributed by atoms with van der Waals surface area (Å²) in [4.78, 5) is 16.6. The van der Waals surface area contributed by atoms with Gasteiger partial charge in [0.15, 0.2) is 0 Å². The number of amides is 1. The number of nitrogens with two attached hydrogens (primary N) is 1. The second-order valence-corrected chi connectivity index (χ2v) is 5.17. The summed E-state index contributed by atoms with van der Waals surface area (Å²) >= 11 is 0. The van der Waals surface area contributed by atoms with E-state index in [1.807, 2.05) is 13.8 Å².